The quantitative estimate of drug-likeness (QED) is 0.197. The number of para-hydroxylation sites is 4. The molecule has 224 valence electrons. The van der Waals surface area contributed by atoms with Crippen LogP contribution in [0.25, 0.3) is 48.6 Å². The van der Waals surface area contributed by atoms with E-state index in [9.17, 15) is 9.90 Å². The van der Waals surface area contributed by atoms with Gasteiger partial charge in [-0.05, 0) is 84.9 Å². The summed E-state index contributed by atoms with van der Waals surface area (Å²) in [5, 5.41) is 23.2. The van der Waals surface area contributed by atoms with Gasteiger partial charge in [0.05, 0.1) is 22.4 Å². The standard InChI is InChI=1S/C40H26N4O2S/c45-37-29-9-1-5-13-33(29)43(34-14-6-2-10-30(34)37)27-21-17-25(18-22-27)39-41-42-40(47-39)26-19-23-28(24-20-26)44-35-15-7-3-11-31(35)38(46)32-12-4-8-16-36(32)44/h1-24,37,45H. The summed E-state index contributed by atoms with van der Waals surface area (Å²) in [5.74, 6) is 0. The third-order valence-electron chi connectivity index (χ3n) is 8.89. The first-order valence-electron chi connectivity index (χ1n) is 15.4. The zero-order valence-electron chi connectivity index (χ0n) is 25.0. The Hall–Kier alpha value is -5.89. The molecule has 6 nitrogen and oxygen atoms in total. The second-order valence-electron chi connectivity index (χ2n) is 11.6. The number of aromatic nitrogens is 3. The van der Waals surface area contributed by atoms with Crippen molar-refractivity contribution < 1.29 is 5.11 Å². The van der Waals surface area contributed by atoms with Crippen LogP contribution in [0.1, 0.15) is 17.2 Å². The fourth-order valence-electron chi connectivity index (χ4n) is 6.66. The van der Waals surface area contributed by atoms with Gasteiger partial charge in [-0.2, -0.15) is 0 Å². The van der Waals surface area contributed by atoms with E-state index in [1.165, 1.54) is 0 Å². The predicted molar refractivity (Wildman–Crippen MR) is 190 cm³/mol. The van der Waals surface area contributed by atoms with Crippen molar-refractivity contribution in [3.8, 4) is 26.8 Å². The van der Waals surface area contributed by atoms with Crippen molar-refractivity contribution in [2.24, 2.45) is 0 Å². The molecule has 0 saturated carbocycles. The van der Waals surface area contributed by atoms with Gasteiger partial charge in [0.15, 0.2) is 5.43 Å². The van der Waals surface area contributed by atoms with Gasteiger partial charge in [0.1, 0.15) is 16.1 Å². The Morgan fingerprint density at radius 1 is 0.532 bits per heavy atom. The molecule has 6 aromatic carbocycles. The molecule has 47 heavy (non-hydrogen) atoms. The van der Waals surface area contributed by atoms with Crippen molar-refractivity contribution in [3.05, 3.63) is 167 Å². The van der Waals surface area contributed by atoms with Gasteiger partial charge in [-0.15, -0.1) is 10.2 Å². The summed E-state index contributed by atoms with van der Waals surface area (Å²) in [6.07, 6.45) is -0.664. The molecule has 0 bridgehead atoms. The molecule has 0 unspecified atom stereocenters. The Bertz CT molecular complexity index is 2410. The summed E-state index contributed by atoms with van der Waals surface area (Å²) in [6, 6.07) is 48.1. The molecule has 1 N–H and O–H groups in total. The van der Waals surface area contributed by atoms with Gasteiger partial charge in [-0.3, -0.25) is 4.79 Å². The lowest BCUT2D eigenvalue weighted by Crippen LogP contribution is -2.21. The van der Waals surface area contributed by atoms with E-state index in [-0.39, 0.29) is 5.43 Å². The topological polar surface area (TPSA) is 71.2 Å². The molecule has 0 saturated heterocycles. The van der Waals surface area contributed by atoms with Crippen LogP contribution in [-0.4, -0.2) is 19.9 Å². The fourth-order valence-corrected chi connectivity index (χ4v) is 7.51. The lowest BCUT2D eigenvalue weighted by Gasteiger charge is -2.35. The highest BCUT2D eigenvalue weighted by Gasteiger charge is 2.29. The van der Waals surface area contributed by atoms with E-state index in [0.29, 0.717) is 10.8 Å². The Morgan fingerprint density at radius 3 is 1.51 bits per heavy atom. The Balaban J connectivity index is 1.04. The third-order valence-corrected chi connectivity index (χ3v) is 9.91. The molecule has 7 heteroatoms. The smallest absolute Gasteiger partial charge is 0.197 e. The molecule has 0 amide bonds. The first kappa shape index (κ1) is 27.4. The SMILES string of the molecule is O=c1c2ccccc2n(-c2ccc(-c3nnc(-c4ccc(N5c6ccccc6C(O)c6ccccc65)cc4)s3)cc2)c2ccccc12. The summed E-state index contributed by atoms with van der Waals surface area (Å²) in [6.45, 7) is 0. The van der Waals surface area contributed by atoms with Crippen molar-refractivity contribution >= 4 is 50.2 Å². The lowest BCUT2D eigenvalue weighted by atomic mass is 9.92. The number of aliphatic hydroxyl groups is 1. The van der Waals surface area contributed by atoms with Crippen LogP contribution in [0.4, 0.5) is 17.1 Å². The monoisotopic (exact) mass is 626 g/mol. The van der Waals surface area contributed by atoms with E-state index < -0.39 is 6.10 Å². The Morgan fingerprint density at radius 2 is 0.979 bits per heavy atom. The minimum atomic E-state index is -0.664. The number of rotatable bonds is 4. The Labute approximate surface area is 274 Å². The van der Waals surface area contributed by atoms with Gasteiger partial charge < -0.3 is 14.6 Å². The first-order valence-corrected chi connectivity index (χ1v) is 16.2. The van der Waals surface area contributed by atoms with E-state index in [1.807, 2.05) is 97.1 Å². The van der Waals surface area contributed by atoms with Crippen molar-refractivity contribution in [3.63, 3.8) is 0 Å². The van der Waals surface area contributed by atoms with Crippen LogP contribution in [0.5, 0.6) is 0 Å². The normalized spacial score (nSPS) is 12.7. The first-order chi connectivity index (χ1) is 23.2. The second-order valence-corrected chi connectivity index (χ2v) is 12.5. The van der Waals surface area contributed by atoms with E-state index in [4.69, 9.17) is 0 Å². The van der Waals surface area contributed by atoms with E-state index >= 15 is 0 Å². The van der Waals surface area contributed by atoms with E-state index in [1.54, 1.807) is 11.3 Å². The predicted octanol–water partition coefficient (Wildman–Crippen LogP) is 9.19. The van der Waals surface area contributed by atoms with E-state index in [2.05, 4.69) is 68.2 Å². The maximum atomic E-state index is 13.2. The molecule has 0 spiro atoms. The maximum absolute atomic E-state index is 13.2. The van der Waals surface area contributed by atoms with Crippen LogP contribution in [0.15, 0.2) is 150 Å². The van der Waals surface area contributed by atoms with Crippen LogP contribution in [0.2, 0.25) is 0 Å². The zero-order chi connectivity index (χ0) is 31.5. The third kappa shape index (κ3) is 4.40. The Kier molecular flexibility index (Phi) is 6.35. The van der Waals surface area contributed by atoms with Gasteiger partial charge in [0.2, 0.25) is 0 Å². The minimum Gasteiger partial charge on any atom is -0.383 e. The molecule has 0 fully saturated rings. The van der Waals surface area contributed by atoms with Crippen LogP contribution in [0, 0.1) is 0 Å². The number of nitrogens with zero attached hydrogens (tertiary/aromatic N) is 4. The highest BCUT2D eigenvalue weighted by atomic mass is 32.1. The molecule has 1 aliphatic rings. The second kappa shape index (κ2) is 10.9. The summed E-state index contributed by atoms with van der Waals surface area (Å²) in [5.41, 5.74) is 9.43. The number of hydrogen-bond acceptors (Lipinski definition) is 6. The number of benzene rings is 6. The number of anilines is 3. The molecule has 2 aromatic heterocycles. The fraction of sp³-hybridized carbons (Fsp3) is 0.0250. The van der Waals surface area contributed by atoms with Crippen LogP contribution >= 0.6 is 11.3 Å². The van der Waals surface area contributed by atoms with Gasteiger partial charge >= 0.3 is 0 Å². The van der Waals surface area contributed by atoms with E-state index in [0.717, 1.165) is 66.1 Å². The molecule has 3 heterocycles. The van der Waals surface area contributed by atoms with Crippen LogP contribution in [0.3, 0.4) is 0 Å². The molecule has 8 aromatic rings. The number of hydrogen-bond donors (Lipinski definition) is 1. The van der Waals surface area contributed by atoms with Gasteiger partial charge in [0, 0.05) is 44.4 Å². The highest BCUT2D eigenvalue weighted by Crippen LogP contribution is 2.48. The highest BCUT2D eigenvalue weighted by molar-refractivity contribution is 7.17. The summed E-state index contributed by atoms with van der Waals surface area (Å²) in [7, 11) is 0. The number of pyridine rings is 1. The number of fused-ring (bicyclic) bond motifs is 4. The van der Waals surface area contributed by atoms with Gasteiger partial charge in [-0.1, -0.05) is 72.0 Å². The average molecular weight is 627 g/mol. The van der Waals surface area contributed by atoms with Crippen LogP contribution < -0.4 is 10.3 Å². The van der Waals surface area contributed by atoms with Crippen molar-refractivity contribution in [2.45, 2.75) is 6.10 Å². The molecular formula is C40H26N4O2S. The molecule has 1 aliphatic heterocycles. The summed E-state index contributed by atoms with van der Waals surface area (Å²) < 4.78 is 2.14. The van der Waals surface area contributed by atoms with Crippen molar-refractivity contribution in [1.29, 1.82) is 0 Å². The zero-order valence-corrected chi connectivity index (χ0v) is 25.8. The summed E-state index contributed by atoms with van der Waals surface area (Å²) >= 11 is 1.55. The van der Waals surface area contributed by atoms with Crippen LogP contribution in [-0.2, 0) is 0 Å². The largest absolute Gasteiger partial charge is 0.383 e. The molecule has 0 atom stereocenters. The van der Waals surface area contributed by atoms with Crippen molar-refractivity contribution in [1.82, 2.24) is 14.8 Å². The minimum absolute atomic E-state index is 0.0443. The maximum Gasteiger partial charge on any atom is 0.197 e. The van der Waals surface area contributed by atoms with Gasteiger partial charge in [0.25, 0.3) is 0 Å². The summed E-state index contributed by atoms with van der Waals surface area (Å²) in [4.78, 5) is 15.4. The van der Waals surface area contributed by atoms with Gasteiger partial charge in [-0.25, -0.2) is 0 Å². The lowest BCUT2D eigenvalue weighted by molar-refractivity contribution is 0.219. The van der Waals surface area contributed by atoms with Crippen molar-refractivity contribution in [2.75, 3.05) is 4.90 Å². The molecular weight excluding hydrogens is 601 g/mol. The average Bonchev–Trinajstić information content (AvgIpc) is 3.63. The molecule has 0 aliphatic carbocycles. The molecule has 9 rings (SSSR count). The number of aliphatic hydroxyl groups excluding tert-OH is 1. The molecule has 0 radical (unpaired) electrons.